The Hall–Kier alpha value is -1.55. The second kappa shape index (κ2) is 7.46. The summed E-state index contributed by atoms with van der Waals surface area (Å²) in [5.41, 5.74) is 0.535. The molecule has 6 nitrogen and oxygen atoms in total. The molecule has 1 aromatic heterocycles. The molecule has 0 saturated carbocycles. The number of nitrogens with one attached hydrogen (secondary N) is 3. The molecule has 3 heterocycles. The lowest BCUT2D eigenvalue weighted by atomic mass is 9.95. The summed E-state index contributed by atoms with van der Waals surface area (Å²) in [4.78, 5) is 14.2. The van der Waals surface area contributed by atoms with E-state index in [1.54, 1.807) is 23.9 Å². The maximum Gasteiger partial charge on any atom is 0.261 e. The van der Waals surface area contributed by atoms with E-state index in [4.69, 9.17) is 0 Å². The summed E-state index contributed by atoms with van der Waals surface area (Å²) in [6, 6.07) is 12.2. The van der Waals surface area contributed by atoms with E-state index in [1.165, 1.54) is 17.8 Å². The molecule has 9 heteroatoms. The number of carbonyl (C=O) groups excluding carboxylic acids is 1. The number of benzene rings is 1. The first kappa shape index (κ1) is 18.8. The molecule has 1 aromatic carbocycles. The van der Waals surface area contributed by atoms with Gasteiger partial charge < -0.3 is 10.6 Å². The predicted octanol–water partition coefficient (Wildman–Crippen LogP) is 2.89. The number of thiophene rings is 1. The molecule has 2 bridgehead atoms. The van der Waals surface area contributed by atoms with Crippen molar-refractivity contribution in [1.29, 1.82) is 0 Å². The van der Waals surface area contributed by atoms with Crippen molar-refractivity contribution in [2.24, 2.45) is 0 Å². The van der Waals surface area contributed by atoms with Crippen LogP contribution in [0.2, 0.25) is 0 Å². The number of fused-ring (bicyclic) bond motifs is 2. The van der Waals surface area contributed by atoms with Gasteiger partial charge in [-0.2, -0.15) is 0 Å². The van der Waals surface area contributed by atoms with Gasteiger partial charge in [-0.05, 0) is 55.7 Å². The lowest BCUT2D eigenvalue weighted by Gasteiger charge is -2.20. The van der Waals surface area contributed by atoms with Crippen LogP contribution in [0.3, 0.4) is 0 Å². The number of carbonyl (C=O) groups is 1. The van der Waals surface area contributed by atoms with Crippen molar-refractivity contribution in [3.05, 3.63) is 41.3 Å². The van der Waals surface area contributed by atoms with Gasteiger partial charge in [0.05, 0.1) is 15.3 Å². The highest BCUT2D eigenvalue weighted by atomic mass is 32.2. The SMILES string of the molecule is CS(=O)(=O)Nc1ccc(Sc2ccc(C(=O)NC3CC4CCC3N4)s2)cc1. The Kier molecular flexibility index (Phi) is 5.19. The van der Waals surface area contributed by atoms with E-state index in [1.807, 2.05) is 24.3 Å². The van der Waals surface area contributed by atoms with Gasteiger partial charge in [0.25, 0.3) is 5.91 Å². The van der Waals surface area contributed by atoms with Crippen LogP contribution >= 0.6 is 23.1 Å². The third kappa shape index (κ3) is 4.66. The van der Waals surface area contributed by atoms with Gasteiger partial charge in [-0.15, -0.1) is 11.3 Å². The third-order valence-corrected chi connectivity index (χ3v) is 7.63. The normalized spacial score (nSPS) is 24.1. The number of rotatable bonds is 6. The third-order valence-electron chi connectivity index (χ3n) is 4.80. The summed E-state index contributed by atoms with van der Waals surface area (Å²) in [6.45, 7) is 0. The van der Waals surface area contributed by atoms with Gasteiger partial charge in [-0.25, -0.2) is 8.42 Å². The molecule has 0 radical (unpaired) electrons. The van der Waals surface area contributed by atoms with Crippen LogP contribution < -0.4 is 15.4 Å². The van der Waals surface area contributed by atoms with E-state index in [0.29, 0.717) is 17.8 Å². The summed E-state index contributed by atoms with van der Waals surface area (Å²) in [5, 5.41) is 6.70. The van der Waals surface area contributed by atoms with Gasteiger partial charge in [0.15, 0.2) is 0 Å². The van der Waals surface area contributed by atoms with Gasteiger partial charge in [0, 0.05) is 28.7 Å². The van der Waals surface area contributed by atoms with Crippen LogP contribution in [0, 0.1) is 0 Å². The first-order valence-corrected chi connectivity index (χ1v) is 12.3. The van der Waals surface area contributed by atoms with Crippen molar-refractivity contribution in [1.82, 2.24) is 10.6 Å². The zero-order valence-electron chi connectivity index (χ0n) is 14.8. The van der Waals surface area contributed by atoms with Crippen LogP contribution in [-0.2, 0) is 10.0 Å². The summed E-state index contributed by atoms with van der Waals surface area (Å²) in [5.74, 6) is -0.00102. The van der Waals surface area contributed by atoms with Gasteiger partial charge >= 0.3 is 0 Å². The molecular formula is C18H21N3O3S3. The smallest absolute Gasteiger partial charge is 0.261 e. The molecule has 27 heavy (non-hydrogen) atoms. The number of sulfonamides is 1. The van der Waals surface area contributed by atoms with Gasteiger partial charge in [-0.3, -0.25) is 9.52 Å². The topological polar surface area (TPSA) is 87.3 Å². The molecule has 1 amide bonds. The largest absolute Gasteiger partial charge is 0.347 e. The average Bonchev–Trinajstić information content (AvgIpc) is 3.32. The van der Waals surface area contributed by atoms with E-state index in [0.717, 1.165) is 33.1 Å². The average molecular weight is 424 g/mol. The minimum atomic E-state index is -3.27. The molecule has 4 rings (SSSR count). The molecule has 2 aliphatic rings. The fourth-order valence-electron chi connectivity index (χ4n) is 3.64. The quantitative estimate of drug-likeness (QED) is 0.665. The lowest BCUT2D eigenvalue weighted by Crippen LogP contribution is -2.42. The standard InChI is InChI=1S/C18H21N3O3S3/c1-27(23,24)21-11-2-5-13(6-3-11)25-17-9-8-16(26-17)18(22)20-15-10-12-4-7-14(15)19-12/h2-3,5-6,8-9,12,14-15,19,21H,4,7,10H2,1H3,(H,20,22). The minimum Gasteiger partial charge on any atom is -0.347 e. The Morgan fingerprint density at radius 1 is 1.19 bits per heavy atom. The Bertz CT molecular complexity index is 940. The van der Waals surface area contributed by atoms with Crippen LogP contribution in [0.5, 0.6) is 0 Å². The maximum absolute atomic E-state index is 12.5. The first-order valence-electron chi connectivity index (χ1n) is 8.78. The number of hydrogen-bond acceptors (Lipinski definition) is 6. The van der Waals surface area contributed by atoms with Gasteiger partial charge in [0.2, 0.25) is 10.0 Å². The number of amides is 1. The molecule has 3 atom stereocenters. The molecular weight excluding hydrogens is 402 g/mol. The van der Waals surface area contributed by atoms with Crippen LogP contribution in [0.15, 0.2) is 45.5 Å². The molecule has 3 unspecified atom stereocenters. The van der Waals surface area contributed by atoms with Crippen molar-refractivity contribution < 1.29 is 13.2 Å². The van der Waals surface area contributed by atoms with Crippen LogP contribution in [0.25, 0.3) is 0 Å². The summed E-state index contributed by atoms with van der Waals surface area (Å²) in [6.07, 6.45) is 4.51. The van der Waals surface area contributed by atoms with Crippen LogP contribution in [0.1, 0.15) is 28.9 Å². The summed E-state index contributed by atoms with van der Waals surface area (Å²) >= 11 is 3.03. The van der Waals surface area contributed by atoms with E-state index >= 15 is 0 Å². The number of anilines is 1. The van der Waals surface area contributed by atoms with E-state index in [2.05, 4.69) is 15.4 Å². The van der Waals surface area contributed by atoms with Crippen LogP contribution in [-0.4, -0.2) is 38.7 Å². The Morgan fingerprint density at radius 2 is 1.96 bits per heavy atom. The molecule has 0 spiro atoms. The van der Waals surface area contributed by atoms with Crippen molar-refractivity contribution in [3.8, 4) is 0 Å². The fraction of sp³-hybridized carbons (Fsp3) is 0.389. The molecule has 0 aliphatic carbocycles. The lowest BCUT2D eigenvalue weighted by molar-refractivity contribution is 0.0935. The van der Waals surface area contributed by atoms with E-state index < -0.39 is 10.0 Å². The Balaban J connectivity index is 1.35. The highest BCUT2D eigenvalue weighted by molar-refractivity contribution is 8.01. The van der Waals surface area contributed by atoms with Crippen LogP contribution in [0.4, 0.5) is 5.69 Å². The second-order valence-corrected chi connectivity index (χ2v) is 11.2. The zero-order chi connectivity index (χ0) is 19.0. The van der Waals surface area contributed by atoms with E-state index in [-0.39, 0.29) is 11.9 Å². The summed E-state index contributed by atoms with van der Waals surface area (Å²) < 4.78 is 26.0. The Morgan fingerprint density at radius 3 is 2.59 bits per heavy atom. The van der Waals surface area contributed by atoms with Crippen molar-refractivity contribution >= 4 is 44.7 Å². The maximum atomic E-state index is 12.5. The molecule has 144 valence electrons. The summed E-state index contributed by atoms with van der Waals surface area (Å²) in [7, 11) is -3.27. The van der Waals surface area contributed by atoms with E-state index in [9.17, 15) is 13.2 Å². The van der Waals surface area contributed by atoms with Gasteiger partial charge in [0.1, 0.15) is 0 Å². The van der Waals surface area contributed by atoms with Gasteiger partial charge in [-0.1, -0.05) is 11.8 Å². The highest BCUT2D eigenvalue weighted by Crippen LogP contribution is 2.34. The second-order valence-electron chi connectivity index (χ2n) is 6.98. The van der Waals surface area contributed by atoms with Crippen molar-refractivity contribution in [2.45, 2.75) is 46.5 Å². The Labute approximate surface area is 167 Å². The monoisotopic (exact) mass is 423 g/mol. The molecule has 2 aliphatic heterocycles. The fourth-order valence-corrected chi connectivity index (χ4v) is 6.21. The number of hydrogen-bond donors (Lipinski definition) is 3. The zero-order valence-corrected chi connectivity index (χ0v) is 17.2. The molecule has 2 saturated heterocycles. The minimum absolute atomic E-state index is 0.00102. The van der Waals surface area contributed by atoms with Crippen molar-refractivity contribution in [2.75, 3.05) is 11.0 Å². The molecule has 2 fully saturated rings. The molecule has 2 aromatic rings. The first-order chi connectivity index (χ1) is 12.9. The van der Waals surface area contributed by atoms with Crippen molar-refractivity contribution in [3.63, 3.8) is 0 Å². The molecule has 3 N–H and O–H groups in total. The highest BCUT2D eigenvalue weighted by Gasteiger charge is 2.39. The predicted molar refractivity (Wildman–Crippen MR) is 109 cm³/mol.